The van der Waals surface area contributed by atoms with Crippen LogP contribution in [0.25, 0.3) is 0 Å². The van der Waals surface area contributed by atoms with Gasteiger partial charge in [0, 0.05) is 43.2 Å². The van der Waals surface area contributed by atoms with Crippen molar-refractivity contribution in [2.75, 3.05) is 36.5 Å². The van der Waals surface area contributed by atoms with Crippen molar-refractivity contribution in [1.82, 2.24) is 10.2 Å². The number of carbonyl (C=O) groups excluding carboxylic acids is 3. The molecular formula is C36H42N4O5. The fourth-order valence-electron chi connectivity index (χ4n) is 6.11. The second kappa shape index (κ2) is 14.6. The van der Waals surface area contributed by atoms with Crippen molar-refractivity contribution >= 4 is 29.1 Å². The molecule has 3 aromatic carbocycles. The van der Waals surface area contributed by atoms with Gasteiger partial charge in [0.25, 0.3) is 5.91 Å². The summed E-state index contributed by atoms with van der Waals surface area (Å²) in [6.45, 7) is 4.11. The van der Waals surface area contributed by atoms with Gasteiger partial charge >= 0.3 is 0 Å². The maximum absolute atomic E-state index is 13.9. The smallest absolute Gasteiger partial charge is 0.264 e. The fraction of sp³-hybridized carbons (Fsp3) is 0.361. The van der Waals surface area contributed by atoms with Gasteiger partial charge in [-0.05, 0) is 48.7 Å². The van der Waals surface area contributed by atoms with E-state index < -0.39 is 17.4 Å². The number of para-hydroxylation sites is 1. The van der Waals surface area contributed by atoms with Crippen LogP contribution in [0.1, 0.15) is 42.9 Å². The molecule has 1 fully saturated rings. The molecule has 45 heavy (non-hydrogen) atoms. The van der Waals surface area contributed by atoms with Crippen molar-refractivity contribution in [2.45, 2.75) is 44.9 Å². The molecule has 2 aliphatic rings. The Morgan fingerprint density at radius 2 is 1.80 bits per heavy atom. The molecule has 9 heteroatoms. The number of nitrogens with one attached hydrogen (secondary N) is 2. The molecule has 2 aliphatic heterocycles. The monoisotopic (exact) mass is 610 g/mol. The van der Waals surface area contributed by atoms with Crippen LogP contribution in [0, 0.1) is 11.8 Å². The van der Waals surface area contributed by atoms with Gasteiger partial charge < -0.3 is 30.6 Å². The molecule has 1 unspecified atom stereocenters. The highest BCUT2D eigenvalue weighted by atomic mass is 16.3. The maximum Gasteiger partial charge on any atom is 0.264 e. The largest absolute Gasteiger partial charge is 0.395 e. The molecule has 0 aliphatic carbocycles. The lowest BCUT2D eigenvalue weighted by Crippen LogP contribution is -2.44. The highest BCUT2D eigenvalue weighted by Gasteiger charge is 2.52. The molecular weight excluding hydrogens is 568 g/mol. The summed E-state index contributed by atoms with van der Waals surface area (Å²) in [5.74, 6) is -1.24. The Morgan fingerprint density at radius 3 is 2.51 bits per heavy atom. The minimum atomic E-state index is -1.80. The minimum Gasteiger partial charge on any atom is -0.395 e. The van der Waals surface area contributed by atoms with Crippen LogP contribution in [0.3, 0.4) is 0 Å². The Morgan fingerprint density at radius 1 is 1.07 bits per heavy atom. The summed E-state index contributed by atoms with van der Waals surface area (Å²) in [6.07, 6.45) is 5.34. The minimum absolute atomic E-state index is 0.00436. The zero-order valence-electron chi connectivity index (χ0n) is 25.7. The van der Waals surface area contributed by atoms with E-state index in [0.717, 1.165) is 30.5 Å². The third kappa shape index (κ3) is 7.33. The van der Waals surface area contributed by atoms with E-state index in [9.17, 15) is 24.6 Å². The van der Waals surface area contributed by atoms with Crippen molar-refractivity contribution in [2.24, 2.45) is 11.8 Å². The van der Waals surface area contributed by atoms with Crippen molar-refractivity contribution in [3.63, 3.8) is 0 Å². The van der Waals surface area contributed by atoms with Crippen LogP contribution in [0.4, 0.5) is 11.4 Å². The molecule has 0 radical (unpaired) electrons. The topological polar surface area (TPSA) is 122 Å². The predicted molar refractivity (Wildman–Crippen MR) is 174 cm³/mol. The Kier molecular flexibility index (Phi) is 10.4. The Bertz CT molecular complexity index is 1500. The normalized spacial score (nSPS) is 20.2. The van der Waals surface area contributed by atoms with E-state index in [2.05, 4.69) is 10.6 Å². The van der Waals surface area contributed by atoms with E-state index in [1.165, 1.54) is 0 Å². The summed E-state index contributed by atoms with van der Waals surface area (Å²) in [5, 5.41) is 27.7. The van der Waals surface area contributed by atoms with Crippen LogP contribution < -0.4 is 15.5 Å². The number of amides is 3. The first-order valence-corrected chi connectivity index (χ1v) is 15.6. The molecule has 4 N–H and O–H groups in total. The standard InChI is InChI=1S/C36H42N4O5/c1-26(9-7-15-33(42)39(21-22-41)24-27-10-3-2-4-11-27)36(45)31-13-5-6-14-32(31)40(35(36)44)25-28-16-18-30(19-17-28)38-34(43)29-12-8-20-37-23-29/h2-7,9-11,13-14,16-19,26,29,37,41,45H,8,12,15,20-25H2,1H3,(H,38,43)/b9-7+/t26-,29?,36+/m0/s1. The zero-order chi connectivity index (χ0) is 31.8. The van der Waals surface area contributed by atoms with Gasteiger partial charge in [-0.15, -0.1) is 0 Å². The van der Waals surface area contributed by atoms with E-state index in [-0.39, 0.29) is 43.8 Å². The average molecular weight is 611 g/mol. The highest BCUT2D eigenvalue weighted by Crippen LogP contribution is 2.45. The molecule has 3 atom stereocenters. The van der Waals surface area contributed by atoms with Gasteiger partial charge in [0.05, 0.1) is 24.8 Å². The van der Waals surface area contributed by atoms with Crippen molar-refractivity contribution in [3.8, 4) is 0 Å². The number of nitrogens with zero attached hydrogens (tertiary/aromatic N) is 2. The SMILES string of the molecule is C[C@@H](/C=C/CC(=O)N(CCO)Cc1ccccc1)[C@]1(O)C(=O)N(Cc2ccc(NC(=O)C3CCCNC3)cc2)c2ccccc21. The number of hydrogen-bond acceptors (Lipinski definition) is 6. The van der Waals surface area contributed by atoms with Gasteiger partial charge in [0.2, 0.25) is 11.8 Å². The summed E-state index contributed by atoms with van der Waals surface area (Å²) in [6, 6.07) is 24.3. The van der Waals surface area contributed by atoms with Gasteiger partial charge in [-0.25, -0.2) is 0 Å². The Labute approximate surface area is 264 Å². The van der Waals surface area contributed by atoms with Gasteiger partial charge in [-0.1, -0.05) is 79.7 Å². The van der Waals surface area contributed by atoms with Gasteiger partial charge in [-0.2, -0.15) is 0 Å². The zero-order valence-corrected chi connectivity index (χ0v) is 25.7. The molecule has 0 aromatic heterocycles. The summed E-state index contributed by atoms with van der Waals surface area (Å²) < 4.78 is 0. The van der Waals surface area contributed by atoms with Crippen LogP contribution >= 0.6 is 0 Å². The summed E-state index contributed by atoms with van der Waals surface area (Å²) in [5.41, 5.74) is 1.89. The second-order valence-electron chi connectivity index (χ2n) is 11.8. The lowest BCUT2D eigenvalue weighted by molar-refractivity contribution is -0.139. The lowest BCUT2D eigenvalue weighted by atomic mass is 9.83. The summed E-state index contributed by atoms with van der Waals surface area (Å²) in [4.78, 5) is 42.7. The number of benzene rings is 3. The molecule has 9 nitrogen and oxygen atoms in total. The number of anilines is 2. The Hall–Kier alpha value is -4.31. The van der Waals surface area contributed by atoms with Gasteiger partial charge in [-0.3, -0.25) is 14.4 Å². The molecule has 1 saturated heterocycles. The van der Waals surface area contributed by atoms with Crippen molar-refractivity contribution in [1.29, 1.82) is 0 Å². The first-order valence-electron chi connectivity index (χ1n) is 15.6. The van der Waals surface area contributed by atoms with E-state index in [1.807, 2.05) is 66.7 Å². The van der Waals surface area contributed by atoms with Crippen LogP contribution in [0.15, 0.2) is 91.0 Å². The van der Waals surface area contributed by atoms with Crippen LogP contribution in [-0.2, 0) is 33.1 Å². The molecule has 3 amide bonds. The molecule has 3 aromatic rings. The third-order valence-electron chi connectivity index (χ3n) is 8.72. The number of carbonyl (C=O) groups is 3. The van der Waals surface area contributed by atoms with E-state index in [4.69, 9.17) is 0 Å². The predicted octanol–water partition coefficient (Wildman–Crippen LogP) is 3.96. The van der Waals surface area contributed by atoms with Crippen LogP contribution in [0.2, 0.25) is 0 Å². The number of aliphatic hydroxyl groups is 2. The van der Waals surface area contributed by atoms with Crippen LogP contribution in [0.5, 0.6) is 0 Å². The first kappa shape index (κ1) is 32.1. The van der Waals surface area contributed by atoms with Crippen molar-refractivity contribution in [3.05, 3.63) is 108 Å². The summed E-state index contributed by atoms with van der Waals surface area (Å²) >= 11 is 0. The average Bonchev–Trinajstić information content (AvgIpc) is 3.28. The number of aliphatic hydroxyl groups excluding tert-OH is 1. The Balaban J connectivity index is 1.25. The fourth-order valence-corrected chi connectivity index (χ4v) is 6.11. The molecule has 0 spiro atoms. The number of hydrogen-bond donors (Lipinski definition) is 4. The first-order chi connectivity index (χ1) is 21.8. The number of fused-ring (bicyclic) bond motifs is 1. The molecule has 236 valence electrons. The molecule has 0 saturated carbocycles. The van der Waals surface area contributed by atoms with E-state index in [1.54, 1.807) is 41.0 Å². The van der Waals surface area contributed by atoms with Crippen molar-refractivity contribution < 1.29 is 24.6 Å². The third-order valence-corrected chi connectivity index (χ3v) is 8.72. The number of piperidine rings is 1. The second-order valence-corrected chi connectivity index (χ2v) is 11.8. The van der Waals surface area contributed by atoms with E-state index in [0.29, 0.717) is 30.0 Å². The maximum atomic E-state index is 13.9. The molecule has 5 rings (SSSR count). The van der Waals surface area contributed by atoms with Gasteiger partial charge in [0.15, 0.2) is 5.60 Å². The van der Waals surface area contributed by atoms with E-state index >= 15 is 0 Å². The highest BCUT2D eigenvalue weighted by molar-refractivity contribution is 6.07. The summed E-state index contributed by atoms with van der Waals surface area (Å²) in [7, 11) is 0. The molecule has 2 heterocycles. The number of rotatable bonds is 12. The lowest BCUT2D eigenvalue weighted by Gasteiger charge is -2.28. The van der Waals surface area contributed by atoms with Crippen LogP contribution in [-0.4, -0.2) is 59.1 Å². The quantitative estimate of drug-likeness (QED) is 0.230. The molecule has 0 bridgehead atoms. The van der Waals surface area contributed by atoms with Gasteiger partial charge in [0.1, 0.15) is 0 Å².